The van der Waals surface area contributed by atoms with Crippen LogP contribution in [0.3, 0.4) is 0 Å². The second-order valence-electron chi connectivity index (χ2n) is 7.21. The van der Waals surface area contributed by atoms with Gasteiger partial charge in [-0.2, -0.15) is 28.2 Å². The molecule has 3 aromatic rings. The zero-order valence-corrected chi connectivity index (χ0v) is 16.6. The Balaban J connectivity index is 1.49. The topological polar surface area (TPSA) is 86.0 Å². The van der Waals surface area contributed by atoms with Crippen molar-refractivity contribution in [2.24, 2.45) is 0 Å². The second kappa shape index (κ2) is 8.32. The molecule has 0 bridgehead atoms. The first-order valence-electron chi connectivity index (χ1n) is 9.64. The van der Waals surface area contributed by atoms with Gasteiger partial charge in [0.1, 0.15) is 6.10 Å². The standard InChI is InChI=1S/C20H19F3N6O2/c1-13-4-5-15(16(9-13)29-26-6-7-27-29)19(30)28-8-2-3-14(12-28)31-18-11-24-17(10-25-18)20(21,22)23/h4-7,9-11,14H,2-3,8,12H2,1H3/t14-/m1/s1. The molecular weight excluding hydrogens is 413 g/mol. The van der Waals surface area contributed by atoms with Crippen LogP contribution in [0.15, 0.2) is 43.0 Å². The van der Waals surface area contributed by atoms with Crippen molar-refractivity contribution < 1.29 is 22.7 Å². The lowest BCUT2D eigenvalue weighted by atomic mass is 10.0. The molecule has 0 unspecified atom stereocenters. The predicted molar refractivity (Wildman–Crippen MR) is 103 cm³/mol. The Morgan fingerprint density at radius 3 is 2.61 bits per heavy atom. The van der Waals surface area contributed by atoms with Crippen LogP contribution in [0.5, 0.6) is 5.88 Å². The molecule has 4 rings (SSSR count). The normalized spacial score (nSPS) is 16.9. The molecule has 0 spiro atoms. The molecule has 8 nitrogen and oxygen atoms in total. The van der Waals surface area contributed by atoms with E-state index in [0.29, 0.717) is 36.8 Å². The quantitative estimate of drug-likeness (QED) is 0.630. The van der Waals surface area contributed by atoms with E-state index in [2.05, 4.69) is 20.2 Å². The third-order valence-corrected chi connectivity index (χ3v) is 4.89. The number of hydrogen-bond donors (Lipinski definition) is 0. The van der Waals surface area contributed by atoms with Gasteiger partial charge in [0.2, 0.25) is 5.88 Å². The number of nitrogens with zero attached hydrogens (tertiary/aromatic N) is 6. The fraction of sp³-hybridized carbons (Fsp3) is 0.350. The van der Waals surface area contributed by atoms with Crippen molar-refractivity contribution in [2.45, 2.75) is 32.0 Å². The third kappa shape index (κ3) is 4.65. The molecule has 11 heteroatoms. The molecule has 1 aliphatic rings. The number of likely N-dealkylation sites (tertiary alicyclic amines) is 1. The summed E-state index contributed by atoms with van der Waals surface area (Å²) < 4.78 is 43.6. The molecule has 0 aliphatic carbocycles. The molecule has 1 saturated heterocycles. The average Bonchev–Trinajstić information content (AvgIpc) is 3.28. The lowest BCUT2D eigenvalue weighted by molar-refractivity contribution is -0.141. The SMILES string of the molecule is Cc1ccc(C(=O)N2CCC[C@@H](Oc3cnc(C(F)(F)F)cn3)C2)c(-n2nccn2)c1. The summed E-state index contributed by atoms with van der Waals surface area (Å²) in [6, 6.07) is 5.42. The summed E-state index contributed by atoms with van der Waals surface area (Å²) in [4.78, 5) is 23.3. The van der Waals surface area contributed by atoms with E-state index in [1.54, 1.807) is 11.0 Å². The maximum absolute atomic E-state index is 13.2. The van der Waals surface area contributed by atoms with Crippen LogP contribution in [0.25, 0.3) is 5.69 Å². The Kier molecular flexibility index (Phi) is 5.57. The molecule has 1 aliphatic heterocycles. The van der Waals surface area contributed by atoms with Crippen molar-refractivity contribution in [3.63, 3.8) is 0 Å². The van der Waals surface area contributed by atoms with Crippen molar-refractivity contribution in [2.75, 3.05) is 13.1 Å². The minimum atomic E-state index is -4.56. The molecule has 0 N–H and O–H groups in total. The van der Waals surface area contributed by atoms with Gasteiger partial charge in [-0.05, 0) is 37.5 Å². The molecule has 0 saturated carbocycles. The Morgan fingerprint density at radius 1 is 1.16 bits per heavy atom. The minimum absolute atomic E-state index is 0.0101. The summed E-state index contributed by atoms with van der Waals surface area (Å²) in [5.41, 5.74) is 0.910. The third-order valence-electron chi connectivity index (χ3n) is 4.89. The van der Waals surface area contributed by atoms with Crippen LogP contribution in [-0.2, 0) is 6.18 Å². The van der Waals surface area contributed by atoms with Gasteiger partial charge in [-0.25, -0.2) is 9.97 Å². The highest BCUT2D eigenvalue weighted by Crippen LogP contribution is 2.28. The number of carbonyl (C=O) groups excluding carboxylic acids is 1. The first-order valence-corrected chi connectivity index (χ1v) is 9.64. The number of benzene rings is 1. The molecular formula is C20H19F3N6O2. The molecule has 3 heterocycles. The Labute approximate surface area is 175 Å². The van der Waals surface area contributed by atoms with Crippen LogP contribution in [-0.4, -0.2) is 55.0 Å². The molecule has 1 atom stereocenters. The molecule has 31 heavy (non-hydrogen) atoms. The van der Waals surface area contributed by atoms with Gasteiger partial charge >= 0.3 is 6.18 Å². The maximum atomic E-state index is 13.2. The number of carbonyl (C=O) groups is 1. The van der Waals surface area contributed by atoms with Crippen LogP contribution >= 0.6 is 0 Å². The Morgan fingerprint density at radius 2 is 1.94 bits per heavy atom. The van der Waals surface area contributed by atoms with E-state index in [0.717, 1.165) is 11.8 Å². The highest BCUT2D eigenvalue weighted by Gasteiger charge is 2.33. The molecule has 0 radical (unpaired) electrons. The zero-order chi connectivity index (χ0) is 22.0. The minimum Gasteiger partial charge on any atom is -0.471 e. The molecule has 162 valence electrons. The summed E-state index contributed by atoms with van der Waals surface area (Å²) in [7, 11) is 0. The van der Waals surface area contributed by atoms with Crippen molar-refractivity contribution >= 4 is 5.91 Å². The summed E-state index contributed by atoms with van der Waals surface area (Å²) in [6.45, 7) is 2.73. The van der Waals surface area contributed by atoms with E-state index < -0.39 is 18.0 Å². The van der Waals surface area contributed by atoms with Gasteiger partial charge in [0.25, 0.3) is 5.91 Å². The van der Waals surface area contributed by atoms with Crippen molar-refractivity contribution in [3.8, 4) is 11.6 Å². The van der Waals surface area contributed by atoms with Crippen LogP contribution in [0.2, 0.25) is 0 Å². The molecule has 2 aromatic heterocycles. The predicted octanol–water partition coefficient (Wildman–Crippen LogP) is 3.07. The first-order chi connectivity index (χ1) is 14.8. The largest absolute Gasteiger partial charge is 0.471 e. The van der Waals surface area contributed by atoms with Crippen molar-refractivity contribution in [1.29, 1.82) is 0 Å². The van der Waals surface area contributed by atoms with E-state index in [1.165, 1.54) is 17.2 Å². The number of ether oxygens (including phenoxy) is 1. The Hall–Kier alpha value is -3.50. The van der Waals surface area contributed by atoms with Crippen LogP contribution in [0.1, 0.15) is 34.5 Å². The average molecular weight is 432 g/mol. The summed E-state index contributed by atoms with van der Waals surface area (Å²) in [5.74, 6) is -0.205. The number of halogens is 3. The van der Waals surface area contributed by atoms with Gasteiger partial charge in [-0.1, -0.05) is 6.07 Å². The summed E-state index contributed by atoms with van der Waals surface area (Å²) >= 11 is 0. The smallest absolute Gasteiger partial charge is 0.434 e. The van der Waals surface area contributed by atoms with E-state index in [9.17, 15) is 18.0 Å². The fourth-order valence-corrected chi connectivity index (χ4v) is 3.41. The number of aryl methyl sites for hydroxylation is 1. The molecule has 1 fully saturated rings. The number of rotatable bonds is 4. The number of amides is 1. The highest BCUT2D eigenvalue weighted by molar-refractivity contribution is 5.97. The molecule has 1 amide bonds. The second-order valence-corrected chi connectivity index (χ2v) is 7.21. The summed E-state index contributed by atoms with van der Waals surface area (Å²) in [6.07, 6.45) is 1.02. The Bertz CT molecular complexity index is 1050. The fourth-order valence-electron chi connectivity index (χ4n) is 3.41. The van der Waals surface area contributed by atoms with Crippen molar-refractivity contribution in [1.82, 2.24) is 29.9 Å². The van der Waals surface area contributed by atoms with E-state index in [4.69, 9.17) is 4.74 Å². The highest BCUT2D eigenvalue weighted by atomic mass is 19.4. The number of alkyl halides is 3. The van der Waals surface area contributed by atoms with Crippen LogP contribution in [0.4, 0.5) is 13.2 Å². The van der Waals surface area contributed by atoms with Gasteiger partial charge in [0.15, 0.2) is 5.69 Å². The number of aromatic nitrogens is 5. The maximum Gasteiger partial charge on any atom is 0.434 e. The number of piperidine rings is 1. The van der Waals surface area contributed by atoms with E-state index in [-0.39, 0.29) is 18.3 Å². The van der Waals surface area contributed by atoms with Crippen LogP contribution in [0, 0.1) is 6.92 Å². The van der Waals surface area contributed by atoms with E-state index in [1.807, 2.05) is 19.1 Å². The lowest BCUT2D eigenvalue weighted by Gasteiger charge is -2.33. The van der Waals surface area contributed by atoms with Gasteiger partial charge in [0, 0.05) is 6.54 Å². The zero-order valence-electron chi connectivity index (χ0n) is 16.6. The van der Waals surface area contributed by atoms with Crippen LogP contribution < -0.4 is 4.74 Å². The monoisotopic (exact) mass is 432 g/mol. The van der Waals surface area contributed by atoms with Gasteiger partial charge in [-0.15, -0.1) is 0 Å². The first kappa shape index (κ1) is 20.8. The summed E-state index contributed by atoms with van der Waals surface area (Å²) in [5, 5.41) is 8.25. The number of hydrogen-bond acceptors (Lipinski definition) is 6. The molecule has 1 aromatic carbocycles. The van der Waals surface area contributed by atoms with Gasteiger partial charge in [-0.3, -0.25) is 4.79 Å². The van der Waals surface area contributed by atoms with E-state index >= 15 is 0 Å². The lowest BCUT2D eigenvalue weighted by Crippen LogP contribution is -2.44. The van der Waals surface area contributed by atoms with Gasteiger partial charge in [0.05, 0.1) is 42.6 Å². The van der Waals surface area contributed by atoms with Gasteiger partial charge < -0.3 is 9.64 Å². The van der Waals surface area contributed by atoms with Crippen molar-refractivity contribution in [3.05, 3.63) is 59.8 Å².